The van der Waals surface area contributed by atoms with Crippen molar-refractivity contribution in [3.63, 3.8) is 0 Å². The third-order valence-corrected chi connectivity index (χ3v) is 4.70. The number of nitrogens with one attached hydrogen (secondary N) is 2. The summed E-state index contributed by atoms with van der Waals surface area (Å²) >= 11 is 3.54. The summed E-state index contributed by atoms with van der Waals surface area (Å²) in [5.41, 5.74) is 2.93. The van der Waals surface area contributed by atoms with E-state index in [1.54, 1.807) is 0 Å². The molecule has 2 N–H and O–H groups in total. The van der Waals surface area contributed by atoms with E-state index in [1.807, 2.05) is 13.0 Å². The Morgan fingerprint density at radius 3 is 2.74 bits per heavy atom. The Bertz CT molecular complexity index is 470. The summed E-state index contributed by atoms with van der Waals surface area (Å²) in [6.07, 6.45) is 1.78. The predicted octanol–water partition coefficient (Wildman–Crippen LogP) is 3.39. The Hall–Kier alpha value is -0.870. The first-order valence-electron chi connectivity index (χ1n) is 6.77. The van der Waals surface area contributed by atoms with Crippen LogP contribution in [-0.4, -0.2) is 19.0 Å². The van der Waals surface area contributed by atoms with Crippen molar-refractivity contribution < 1.29 is 4.79 Å². The molecule has 3 nitrogen and oxygen atoms in total. The number of benzene rings is 1. The second kappa shape index (κ2) is 5.63. The molecule has 1 fully saturated rings. The fourth-order valence-electron chi connectivity index (χ4n) is 2.72. The third-order valence-electron chi connectivity index (χ3n) is 4.07. The molecule has 1 saturated heterocycles. The SMILES string of the molecule is CCC1(C(=O)Nc2c(C)cc(C)cc2Br)CCNC1. The van der Waals surface area contributed by atoms with E-state index in [0.29, 0.717) is 0 Å². The maximum absolute atomic E-state index is 12.6. The van der Waals surface area contributed by atoms with Gasteiger partial charge in [-0.05, 0) is 66.4 Å². The van der Waals surface area contributed by atoms with E-state index in [2.05, 4.69) is 46.5 Å². The molecule has 0 radical (unpaired) electrons. The van der Waals surface area contributed by atoms with E-state index < -0.39 is 0 Å². The van der Waals surface area contributed by atoms with Gasteiger partial charge in [0.1, 0.15) is 0 Å². The van der Waals surface area contributed by atoms with Crippen molar-refractivity contribution in [3.8, 4) is 0 Å². The second-order valence-corrected chi connectivity index (χ2v) is 6.31. The Morgan fingerprint density at radius 1 is 1.47 bits per heavy atom. The fraction of sp³-hybridized carbons (Fsp3) is 0.533. The quantitative estimate of drug-likeness (QED) is 0.894. The number of carbonyl (C=O) groups excluding carboxylic acids is 1. The lowest BCUT2D eigenvalue weighted by molar-refractivity contribution is -0.124. The first kappa shape index (κ1) is 14.5. The zero-order valence-corrected chi connectivity index (χ0v) is 13.4. The van der Waals surface area contributed by atoms with Crippen LogP contribution in [0, 0.1) is 19.3 Å². The first-order valence-corrected chi connectivity index (χ1v) is 7.57. The standard InChI is InChI=1S/C15H21BrN2O/c1-4-15(5-6-17-9-15)14(19)18-13-11(3)7-10(2)8-12(13)16/h7-8,17H,4-6,9H2,1-3H3,(H,18,19). The maximum atomic E-state index is 12.6. The van der Waals surface area contributed by atoms with Crippen molar-refractivity contribution in [2.24, 2.45) is 5.41 Å². The summed E-state index contributed by atoms with van der Waals surface area (Å²) < 4.78 is 0.954. The van der Waals surface area contributed by atoms with Gasteiger partial charge in [0, 0.05) is 11.0 Å². The van der Waals surface area contributed by atoms with Gasteiger partial charge in [0.2, 0.25) is 5.91 Å². The number of aryl methyl sites for hydroxylation is 2. The van der Waals surface area contributed by atoms with E-state index in [9.17, 15) is 4.79 Å². The van der Waals surface area contributed by atoms with Crippen LogP contribution in [0.4, 0.5) is 5.69 Å². The van der Waals surface area contributed by atoms with Gasteiger partial charge in [0.25, 0.3) is 0 Å². The van der Waals surface area contributed by atoms with Gasteiger partial charge in [-0.2, -0.15) is 0 Å². The summed E-state index contributed by atoms with van der Waals surface area (Å²) in [4.78, 5) is 12.6. The number of amides is 1. The Balaban J connectivity index is 2.24. The van der Waals surface area contributed by atoms with Crippen molar-refractivity contribution >= 4 is 27.5 Å². The highest BCUT2D eigenvalue weighted by molar-refractivity contribution is 9.10. The molecule has 1 unspecified atom stereocenters. The molecule has 1 aliphatic heterocycles. The molecule has 0 spiro atoms. The summed E-state index contributed by atoms with van der Waals surface area (Å²) in [6, 6.07) is 4.13. The van der Waals surface area contributed by atoms with Gasteiger partial charge in [0.05, 0.1) is 11.1 Å². The van der Waals surface area contributed by atoms with Crippen molar-refractivity contribution in [2.75, 3.05) is 18.4 Å². The number of carbonyl (C=O) groups is 1. The van der Waals surface area contributed by atoms with Gasteiger partial charge >= 0.3 is 0 Å². The van der Waals surface area contributed by atoms with E-state index in [0.717, 1.165) is 41.7 Å². The Morgan fingerprint density at radius 2 is 2.21 bits per heavy atom. The van der Waals surface area contributed by atoms with E-state index >= 15 is 0 Å². The van der Waals surface area contributed by atoms with Crippen LogP contribution in [0.1, 0.15) is 30.9 Å². The Labute approximate surface area is 123 Å². The molecule has 19 heavy (non-hydrogen) atoms. The third kappa shape index (κ3) is 2.84. The molecule has 0 aliphatic carbocycles. The summed E-state index contributed by atoms with van der Waals surface area (Å²) in [7, 11) is 0. The highest BCUT2D eigenvalue weighted by Gasteiger charge is 2.39. The van der Waals surface area contributed by atoms with Gasteiger partial charge in [-0.3, -0.25) is 4.79 Å². The molecule has 104 valence electrons. The largest absolute Gasteiger partial charge is 0.324 e. The fourth-order valence-corrected chi connectivity index (χ4v) is 3.49. The van der Waals surface area contributed by atoms with Crippen molar-refractivity contribution in [1.29, 1.82) is 0 Å². The molecule has 1 aromatic rings. The lowest BCUT2D eigenvalue weighted by Crippen LogP contribution is -2.37. The van der Waals surface area contributed by atoms with Crippen LogP contribution in [0.25, 0.3) is 0 Å². The first-order chi connectivity index (χ1) is 8.98. The molecule has 1 heterocycles. The van der Waals surface area contributed by atoms with Crippen LogP contribution >= 0.6 is 15.9 Å². The van der Waals surface area contributed by atoms with Crippen molar-refractivity contribution in [1.82, 2.24) is 5.32 Å². The zero-order chi connectivity index (χ0) is 14.0. The summed E-state index contributed by atoms with van der Waals surface area (Å²) in [5.74, 6) is 0.132. The van der Waals surface area contributed by atoms with Gasteiger partial charge in [-0.1, -0.05) is 13.0 Å². The summed E-state index contributed by atoms with van der Waals surface area (Å²) in [5, 5.41) is 6.41. The maximum Gasteiger partial charge on any atom is 0.231 e. The minimum atomic E-state index is -0.253. The smallest absolute Gasteiger partial charge is 0.231 e. The number of halogens is 1. The Kier molecular flexibility index (Phi) is 4.31. The lowest BCUT2D eigenvalue weighted by Gasteiger charge is -2.26. The monoisotopic (exact) mass is 324 g/mol. The highest BCUT2D eigenvalue weighted by atomic mass is 79.9. The molecule has 0 saturated carbocycles. The van der Waals surface area contributed by atoms with Crippen LogP contribution in [0.5, 0.6) is 0 Å². The topological polar surface area (TPSA) is 41.1 Å². The zero-order valence-electron chi connectivity index (χ0n) is 11.8. The van der Waals surface area contributed by atoms with E-state index in [-0.39, 0.29) is 11.3 Å². The molecular formula is C15H21BrN2O. The van der Waals surface area contributed by atoms with Gasteiger partial charge in [-0.25, -0.2) is 0 Å². The van der Waals surface area contributed by atoms with E-state index in [1.165, 1.54) is 5.56 Å². The average molecular weight is 325 g/mol. The number of anilines is 1. The molecule has 4 heteroatoms. The molecular weight excluding hydrogens is 304 g/mol. The van der Waals surface area contributed by atoms with Gasteiger partial charge < -0.3 is 10.6 Å². The minimum absolute atomic E-state index is 0.132. The molecule has 1 aliphatic rings. The molecule has 2 rings (SSSR count). The van der Waals surface area contributed by atoms with Crippen LogP contribution in [0.15, 0.2) is 16.6 Å². The number of rotatable bonds is 3. The molecule has 1 amide bonds. The normalized spacial score (nSPS) is 22.5. The van der Waals surface area contributed by atoms with E-state index in [4.69, 9.17) is 0 Å². The molecule has 1 atom stereocenters. The minimum Gasteiger partial charge on any atom is -0.324 e. The number of hydrogen-bond donors (Lipinski definition) is 2. The van der Waals surface area contributed by atoms with Crippen LogP contribution in [0.3, 0.4) is 0 Å². The van der Waals surface area contributed by atoms with Crippen molar-refractivity contribution in [2.45, 2.75) is 33.6 Å². The van der Waals surface area contributed by atoms with Crippen LogP contribution < -0.4 is 10.6 Å². The lowest BCUT2D eigenvalue weighted by atomic mass is 9.83. The van der Waals surface area contributed by atoms with Gasteiger partial charge in [0.15, 0.2) is 0 Å². The molecule has 0 bridgehead atoms. The summed E-state index contributed by atoms with van der Waals surface area (Å²) in [6.45, 7) is 7.87. The van der Waals surface area contributed by atoms with Crippen LogP contribution in [0.2, 0.25) is 0 Å². The molecule has 1 aromatic carbocycles. The van der Waals surface area contributed by atoms with Crippen molar-refractivity contribution in [3.05, 3.63) is 27.7 Å². The van der Waals surface area contributed by atoms with Crippen LogP contribution in [-0.2, 0) is 4.79 Å². The average Bonchev–Trinajstić information content (AvgIpc) is 2.83. The van der Waals surface area contributed by atoms with Gasteiger partial charge in [-0.15, -0.1) is 0 Å². The number of hydrogen-bond acceptors (Lipinski definition) is 2. The molecule has 0 aromatic heterocycles. The second-order valence-electron chi connectivity index (χ2n) is 5.45. The highest BCUT2D eigenvalue weighted by Crippen LogP contribution is 2.34. The predicted molar refractivity (Wildman–Crippen MR) is 82.5 cm³/mol.